The van der Waals surface area contributed by atoms with E-state index < -0.39 is 40.0 Å². The second-order valence-electron chi connectivity index (χ2n) is 11.8. The van der Waals surface area contributed by atoms with Crippen molar-refractivity contribution in [2.45, 2.75) is 52.1 Å². The highest BCUT2D eigenvalue weighted by Crippen LogP contribution is 2.46. The highest BCUT2D eigenvalue weighted by Gasteiger charge is 2.38. The summed E-state index contributed by atoms with van der Waals surface area (Å²) in [6.45, 7) is 11.7. The van der Waals surface area contributed by atoms with E-state index in [4.69, 9.17) is 4.74 Å². The summed E-state index contributed by atoms with van der Waals surface area (Å²) in [6, 6.07) is 3.99. The number of nitrogens with zero attached hydrogens (tertiary/aromatic N) is 5. The lowest BCUT2D eigenvalue weighted by Crippen LogP contribution is -2.60. The van der Waals surface area contributed by atoms with Crippen molar-refractivity contribution >= 4 is 22.6 Å². The van der Waals surface area contributed by atoms with Crippen LogP contribution in [0.2, 0.25) is 0 Å². The van der Waals surface area contributed by atoms with Crippen LogP contribution < -0.4 is 15.3 Å². The number of halogens is 3. The minimum atomic E-state index is -1.45. The molecule has 1 fully saturated rings. The highest BCUT2D eigenvalue weighted by atomic mass is 19.2. The van der Waals surface area contributed by atoms with Crippen molar-refractivity contribution in [2.24, 2.45) is 0 Å². The lowest BCUT2D eigenvalue weighted by atomic mass is 9.97. The van der Waals surface area contributed by atoms with Crippen LogP contribution in [-0.2, 0) is 4.79 Å². The molecule has 2 aliphatic rings. The van der Waals surface area contributed by atoms with Crippen LogP contribution in [0.4, 0.5) is 19.0 Å². The molecule has 2 atom stereocenters. The predicted molar refractivity (Wildman–Crippen MR) is 164 cm³/mol. The van der Waals surface area contributed by atoms with Crippen LogP contribution >= 0.6 is 0 Å². The van der Waals surface area contributed by atoms with E-state index in [0.29, 0.717) is 29.9 Å². The molecule has 9 nitrogen and oxygen atoms in total. The number of hydrogen-bond donors (Lipinski definition) is 1. The maximum Gasteiger partial charge on any atom is 0.354 e. The third kappa shape index (κ3) is 4.79. The van der Waals surface area contributed by atoms with Gasteiger partial charge in [0.15, 0.2) is 23.2 Å². The number of carbonyl (C=O) groups excluding carboxylic acids is 1. The van der Waals surface area contributed by atoms with Crippen molar-refractivity contribution in [2.75, 3.05) is 24.6 Å². The Hall–Kier alpha value is -4.87. The molecule has 45 heavy (non-hydrogen) atoms. The molecule has 2 unspecified atom stereocenters. The number of phenolic OH excluding ortho intramolecular Hbond substituents is 1. The molecule has 0 bridgehead atoms. The Morgan fingerprint density at radius 1 is 1.18 bits per heavy atom. The number of aryl methyl sites for hydroxylation is 1. The second kappa shape index (κ2) is 11.2. The molecule has 2 aliphatic heterocycles. The fourth-order valence-electron chi connectivity index (χ4n) is 6.40. The molecule has 2 aromatic carbocycles. The Labute approximate surface area is 257 Å². The van der Waals surface area contributed by atoms with E-state index in [1.807, 2.05) is 25.7 Å². The third-order valence-corrected chi connectivity index (χ3v) is 8.59. The number of hydrogen-bond acceptors (Lipinski definition) is 7. The molecule has 0 saturated carbocycles. The third-order valence-electron chi connectivity index (χ3n) is 8.59. The molecule has 0 aliphatic carbocycles. The Kier molecular flexibility index (Phi) is 7.54. The lowest BCUT2D eigenvalue weighted by molar-refractivity contribution is -0.129. The van der Waals surface area contributed by atoms with Gasteiger partial charge in [-0.2, -0.15) is 4.98 Å². The quantitative estimate of drug-likeness (QED) is 0.307. The first-order valence-corrected chi connectivity index (χ1v) is 14.7. The molecule has 12 heteroatoms. The van der Waals surface area contributed by atoms with Gasteiger partial charge in [-0.1, -0.05) is 20.4 Å². The number of piperazine rings is 1. The van der Waals surface area contributed by atoms with Gasteiger partial charge in [0.1, 0.15) is 11.6 Å². The number of ether oxygens (including phenoxy) is 1. The topological polar surface area (TPSA) is 101 Å². The largest absolute Gasteiger partial charge is 0.507 e. The predicted octanol–water partition coefficient (Wildman–Crippen LogP) is 5.38. The van der Waals surface area contributed by atoms with Gasteiger partial charge in [0, 0.05) is 37.3 Å². The minimum absolute atomic E-state index is 0.000483. The fraction of sp³-hybridized carbons (Fsp3) is 0.333. The molecule has 2 aromatic heterocycles. The van der Waals surface area contributed by atoms with Crippen LogP contribution in [0.5, 0.6) is 11.5 Å². The molecule has 1 saturated heterocycles. The monoisotopic (exact) mass is 619 g/mol. The summed E-state index contributed by atoms with van der Waals surface area (Å²) in [5, 5.41) is 10.8. The fourth-order valence-corrected chi connectivity index (χ4v) is 6.40. The van der Waals surface area contributed by atoms with Crippen LogP contribution in [-0.4, -0.2) is 62.2 Å². The van der Waals surface area contributed by atoms with Crippen molar-refractivity contribution in [3.05, 3.63) is 82.3 Å². The molecule has 0 radical (unpaired) electrons. The van der Waals surface area contributed by atoms with Crippen LogP contribution in [0.3, 0.4) is 0 Å². The summed E-state index contributed by atoms with van der Waals surface area (Å²) in [4.78, 5) is 39.4. The van der Waals surface area contributed by atoms with E-state index in [1.54, 1.807) is 24.1 Å². The van der Waals surface area contributed by atoms with E-state index in [9.17, 15) is 19.1 Å². The van der Waals surface area contributed by atoms with Crippen LogP contribution in [0, 0.1) is 24.4 Å². The first kappa shape index (κ1) is 30.2. The number of carbonyl (C=O) groups is 1. The number of aromatic hydroxyl groups is 1. The Morgan fingerprint density at radius 3 is 2.64 bits per heavy atom. The summed E-state index contributed by atoms with van der Waals surface area (Å²) in [6.07, 6.45) is 3.21. The number of anilines is 1. The van der Waals surface area contributed by atoms with E-state index in [0.717, 1.165) is 12.1 Å². The van der Waals surface area contributed by atoms with Crippen molar-refractivity contribution in [3.63, 3.8) is 0 Å². The zero-order chi connectivity index (χ0) is 32.3. The van der Waals surface area contributed by atoms with Gasteiger partial charge in [-0.15, -0.1) is 0 Å². The average molecular weight is 620 g/mol. The molecule has 4 heterocycles. The standard InChI is InChI=1S/C33H32F3N5O4/c1-6-24(43)39-15-19-10-12-45-31-26-22(13-20(27(31)35)25-23(42)8-7-21(34)28(25)36)41(30-17(4)9-11-37-29(30)16(2)3)33(44)38-32(26)40(19)14-18(39)5/h6-9,11,13,16,18-19,42H,1,10,12,14-15H2,2-5H3. The van der Waals surface area contributed by atoms with Gasteiger partial charge in [-0.25, -0.2) is 18.0 Å². The van der Waals surface area contributed by atoms with E-state index in [2.05, 4.69) is 16.5 Å². The van der Waals surface area contributed by atoms with Gasteiger partial charge < -0.3 is 19.6 Å². The number of pyridine rings is 1. The molecular formula is C33H32F3N5O4. The van der Waals surface area contributed by atoms with Gasteiger partial charge >= 0.3 is 5.69 Å². The maximum atomic E-state index is 16.6. The van der Waals surface area contributed by atoms with Gasteiger partial charge in [-0.05, 0) is 55.7 Å². The zero-order valence-corrected chi connectivity index (χ0v) is 25.3. The number of rotatable bonds is 4. The maximum absolute atomic E-state index is 16.6. The Bertz CT molecular complexity index is 1940. The number of amides is 1. The summed E-state index contributed by atoms with van der Waals surface area (Å²) < 4.78 is 53.6. The number of aromatic nitrogens is 3. The van der Waals surface area contributed by atoms with Crippen molar-refractivity contribution in [3.8, 4) is 28.3 Å². The zero-order valence-electron chi connectivity index (χ0n) is 25.3. The number of fused-ring (bicyclic) bond motifs is 2. The van der Waals surface area contributed by atoms with Crippen molar-refractivity contribution < 1.29 is 27.8 Å². The molecule has 6 rings (SSSR count). The van der Waals surface area contributed by atoms with Gasteiger partial charge in [0.2, 0.25) is 5.91 Å². The number of benzene rings is 2. The SMILES string of the molecule is C=CC(=O)N1CC2CCOc3c(F)c(-c4c(O)ccc(F)c4F)cc4c3c(nc(=O)n4-c3c(C)ccnc3C(C)C)N2CC1C. The summed E-state index contributed by atoms with van der Waals surface area (Å²) in [5.74, 6) is -5.02. The van der Waals surface area contributed by atoms with Gasteiger partial charge in [0.25, 0.3) is 0 Å². The summed E-state index contributed by atoms with van der Waals surface area (Å²) >= 11 is 0. The first-order valence-electron chi connectivity index (χ1n) is 14.7. The van der Waals surface area contributed by atoms with Gasteiger partial charge in [0.05, 0.1) is 40.5 Å². The van der Waals surface area contributed by atoms with Gasteiger partial charge in [-0.3, -0.25) is 14.3 Å². The minimum Gasteiger partial charge on any atom is -0.507 e. The molecule has 234 valence electrons. The van der Waals surface area contributed by atoms with E-state index >= 15 is 8.78 Å². The number of phenols is 1. The van der Waals surface area contributed by atoms with E-state index in [-0.39, 0.29) is 59.5 Å². The normalized spacial score (nSPS) is 18.0. The smallest absolute Gasteiger partial charge is 0.354 e. The summed E-state index contributed by atoms with van der Waals surface area (Å²) in [7, 11) is 0. The van der Waals surface area contributed by atoms with Crippen molar-refractivity contribution in [1.82, 2.24) is 19.4 Å². The molecule has 0 spiro atoms. The van der Waals surface area contributed by atoms with E-state index in [1.165, 1.54) is 16.7 Å². The molecule has 1 amide bonds. The highest BCUT2D eigenvalue weighted by molar-refractivity contribution is 6.00. The molecule has 4 aromatic rings. The average Bonchev–Trinajstić information content (AvgIpc) is 2.99. The second-order valence-corrected chi connectivity index (χ2v) is 11.8. The Balaban J connectivity index is 1.74. The van der Waals surface area contributed by atoms with Crippen LogP contribution in [0.15, 0.2) is 47.9 Å². The van der Waals surface area contributed by atoms with Crippen LogP contribution in [0.25, 0.3) is 27.7 Å². The lowest BCUT2D eigenvalue weighted by Gasteiger charge is -2.46. The van der Waals surface area contributed by atoms with Crippen molar-refractivity contribution in [1.29, 1.82) is 0 Å². The molecule has 1 N–H and O–H groups in total. The molecular weight excluding hydrogens is 587 g/mol. The summed E-state index contributed by atoms with van der Waals surface area (Å²) in [5.41, 5.74) is -0.140. The Morgan fingerprint density at radius 2 is 1.93 bits per heavy atom. The van der Waals surface area contributed by atoms with Crippen LogP contribution in [0.1, 0.15) is 44.4 Å². The first-order chi connectivity index (χ1) is 21.4.